The molecular formula is C27H44N4OS. The molecule has 0 amide bonds. The largest absolute Gasteiger partial charge is 0.493 e. The van der Waals surface area contributed by atoms with E-state index in [1.54, 1.807) is 0 Å². The number of aromatic nitrogens is 1. The van der Waals surface area contributed by atoms with Crippen molar-refractivity contribution in [1.29, 1.82) is 0 Å². The molecule has 0 radical (unpaired) electrons. The summed E-state index contributed by atoms with van der Waals surface area (Å²) in [6, 6.07) is 7.60. The van der Waals surface area contributed by atoms with Crippen LogP contribution >= 0.6 is 12.2 Å². The number of aromatic amines is 1. The molecule has 0 saturated carbocycles. The first-order valence-electron chi connectivity index (χ1n) is 13.2. The maximum Gasteiger partial charge on any atom is 0.218 e. The fraction of sp³-hybridized carbons (Fsp3) is 0.667. The van der Waals surface area contributed by atoms with Crippen LogP contribution in [-0.2, 0) is 0 Å². The summed E-state index contributed by atoms with van der Waals surface area (Å²) < 4.78 is 0. The van der Waals surface area contributed by atoms with Gasteiger partial charge in [0.05, 0.1) is 5.52 Å². The Hall–Kier alpha value is -1.95. The van der Waals surface area contributed by atoms with Gasteiger partial charge in [-0.1, -0.05) is 121 Å². The Morgan fingerprint density at radius 2 is 1.33 bits per heavy atom. The summed E-state index contributed by atoms with van der Waals surface area (Å²) >= 11 is 5.24. The van der Waals surface area contributed by atoms with E-state index < -0.39 is 0 Å². The zero-order valence-electron chi connectivity index (χ0n) is 20.6. The highest BCUT2D eigenvalue weighted by atomic mass is 32.1. The molecule has 0 aliphatic heterocycles. The van der Waals surface area contributed by atoms with Gasteiger partial charge in [-0.2, -0.15) is 0 Å². The predicted octanol–water partition coefficient (Wildman–Crippen LogP) is 9.09. The lowest BCUT2D eigenvalue weighted by Crippen LogP contribution is -2.20. The van der Waals surface area contributed by atoms with E-state index in [-0.39, 0.29) is 5.88 Å². The standard InChI is InChI=1S/C27H44N4OS/c1-2-3-4-5-6-7-8-9-10-11-12-13-14-15-16-19-22-28-27(33)31-30-25-23-20-17-18-21-24(23)29-26(25)32/h17-18,20-21,29,32H,2-16,19,22H2,1H3,(H,28,33). The summed E-state index contributed by atoms with van der Waals surface area (Å²) in [5.74, 6) is 0.0144. The molecule has 1 aromatic heterocycles. The Balaban J connectivity index is 1.39. The molecule has 3 N–H and O–H groups in total. The zero-order valence-corrected chi connectivity index (χ0v) is 21.4. The predicted molar refractivity (Wildman–Crippen MR) is 145 cm³/mol. The summed E-state index contributed by atoms with van der Waals surface area (Å²) in [7, 11) is 0. The number of fused-ring (bicyclic) bond motifs is 1. The van der Waals surface area contributed by atoms with E-state index in [2.05, 4.69) is 27.5 Å². The molecule has 184 valence electrons. The van der Waals surface area contributed by atoms with Gasteiger partial charge in [0.25, 0.3) is 0 Å². The van der Waals surface area contributed by atoms with E-state index in [9.17, 15) is 5.11 Å². The van der Waals surface area contributed by atoms with Gasteiger partial charge in [-0.15, -0.1) is 10.2 Å². The highest BCUT2D eigenvalue weighted by Gasteiger charge is 2.09. The number of nitrogens with one attached hydrogen (secondary N) is 2. The monoisotopic (exact) mass is 472 g/mol. The average Bonchev–Trinajstić information content (AvgIpc) is 3.14. The van der Waals surface area contributed by atoms with E-state index in [4.69, 9.17) is 12.2 Å². The van der Waals surface area contributed by atoms with Crippen LogP contribution in [0.25, 0.3) is 10.9 Å². The normalized spacial score (nSPS) is 11.5. The molecule has 0 spiro atoms. The molecule has 0 aliphatic carbocycles. The van der Waals surface area contributed by atoms with Gasteiger partial charge in [0, 0.05) is 11.9 Å². The third kappa shape index (κ3) is 11.6. The lowest BCUT2D eigenvalue weighted by molar-refractivity contribution is 0.459. The fourth-order valence-electron chi connectivity index (χ4n) is 4.21. The van der Waals surface area contributed by atoms with Crippen LogP contribution in [0.3, 0.4) is 0 Å². The van der Waals surface area contributed by atoms with Crippen molar-refractivity contribution in [3.05, 3.63) is 24.3 Å². The fourth-order valence-corrected chi connectivity index (χ4v) is 4.36. The van der Waals surface area contributed by atoms with E-state index in [1.165, 1.54) is 96.3 Å². The quantitative estimate of drug-likeness (QED) is 0.115. The summed E-state index contributed by atoms with van der Waals surface area (Å²) in [5, 5.41) is 22.5. The summed E-state index contributed by atoms with van der Waals surface area (Å²) in [5.41, 5.74) is 1.26. The Bertz CT molecular complexity index is 818. The Morgan fingerprint density at radius 3 is 1.91 bits per heavy atom. The number of unbranched alkanes of at least 4 members (excludes halogenated alkanes) is 15. The van der Waals surface area contributed by atoms with E-state index in [1.807, 2.05) is 24.3 Å². The molecule has 2 aromatic rings. The number of benzene rings is 1. The van der Waals surface area contributed by atoms with Crippen molar-refractivity contribution in [2.75, 3.05) is 6.54 Å². The van der Waals surface area contributed by atoms with Crippen molar-refractivity contribution in [1.82, 2.24) is 10.3 Å². The van der Waals surface area contributed by atoms with Gasteiger partial charge in [0.15, 0.2) is 5.69 Å². The lowest BCUT2D eigenvalue weighted by Gasteiger charge is -2.04. The minimum Gasteiger partial charge on any atom is -0.493 e. The Labute approximate surface area is 205 Å². The molecule has 2 rings (SSSR count). The molecule has 0 saturated heterocycles. The molecule has 0 atom stereocenters. The SMILES string of the molecule is CCCCCCCCCCCCCCCCCCNC(=S)N=Nc1c(O)[nH]c2ccccc12. The first-order chi connectivity index (χ1) is 16.2. The zero-order chi connectivity index (χ0) is 23.6. The van der Waals surface area contributed by atoms with Gasteiger partial charge in [-0.3, -0.25) is 0 Å². The van der Waals surface area contributed by atoms with Crippen LogP contribution in [0.15, 0.2) is 34.5 Å². The second-order valence-electron chi connectivity index (χ2n) is 9.10. The Morgan fingerprint density at radius 1 is 0.818 bits per heavy atom. The van der Waals surface area contributed by atoms with E-state index in [0.29, 0.717) is 10.8 Å². The number of rotatable bonds is 18. The van der Waals surface area contributed by atoms with Gasteiger partial charge in [-0.25, -0.2) is 0 Å². The number of H-pyrrole nitrogens is 1. The molecule has 0 aliphatic rings. The molecular weight excluding hydrogens is 428 g/mol. The van der Waals surface area contributed by atoms with Gasteiger partial charge >= 0.3 is 0 Å². The number of thiocarbonyl (C=S) groups is 1. The van der Waals surface area contributed by atoms with Crippen LogP contribution in [0, 0.1) is 0 Å². The second-order valence-corrected chi connectivity index (χ2v) is 9.49. The highest BCUT2D eigenvalue weighted by Crippen LogP contribution is 2.35. The molecule has 5 nitrogen and oxygen atoms in total. The van der Waals surface area contributed by atoms with Crippen molar-refractivity contribution in [3.8, 4) is 5.88 Å². The average molecular weight is 473 g/mol. The van der Waals surface area contributed by atoms with Crippen molar-refractivity contribution >= 4 is 33.9 Å². The Kier molecular flexibility index (Phi) is 14.5. The number of nitrogens with zero attached hydrogens (tertiary/aromatic N) is 2. The van der Waals surface area contributed by atoms with Crippen molar-refractivity contribution in [3.63, 3.8) is 0 Å². The number of hydrogen-bond acceptors (Lipinski definition) is 3. The van der Waals surface area contributed by atoms with Crippen molar-refractivity contribution in [2.45, 2.75) is 110 Å². The molecule has 0 bridgehead atoms. The van der Waals surface area contributed by atoms with E-state index in [0.717, 1.165) is 23.9 Å². The summed E-state index contributed by atoms with van der Waals surface area (Å²) in [6.07, 6.45) is 21.9. The number of para-hydroxylation sites is 1. The topological polar surface area (TPSA) is 72.8 Å². The molecule has 1 heterocycles. The number of hydrogen-bond donors (Lipinski definition) is 3. The maximum absolute atomic E-state index is 10.0. The summed E-state index contributed by atoms with van der Waals surface area (Å²) in [4.78, 5) is 2.89. The van der Waals surface area contributed by atoms with Crippen LogP contribution in [-0.4, -0.2) is 21.7 Å². The molecule has 33 heavy (non-hydrogen) atoms. The third-order valence-corrected chi connectivity index (χ3v) is 6.43. The molecule has 0 fully saturated rings. The minimum atomic E-state index is 0.0144. The van der Waals surface area contributed by atoms with Crippen LogP contribution in [0.1, 0.15) is 110 Å². The van der Waals surface area contributed by atoms with Crippen molar-refractivity contribution in [2.24, 2.45) is 10.2 Å². The van der Waals surface area contributed by atoms with Gasteiger partial charge in [0.2, 0.25) is 11.0 Å². The number of azo groups is 1. The lowest BCUT2D eigenvalue weighted by atomic mass is 10.0. The minimum absolute atomic E-state index is 0.0144. The maximum atomic E-state index is 10.0. The summed E-state index contributed by atoms with van der Waals surface area (Å²) in [6.45, 7) is 3.10. The van der Waals surface area contributed by atoms with Crippen molar-refractivity contribution < 1.29 is 5.11 Å². The highest BCUT2D eigenvalue weighted by molar-refractivity contribution is 7.80. The second kappa shape index (κ2) is 17.5. The van der Waals surface area contributed by atoms with Crippen LogP contribution < -0.4 is 5.32 Å². The molecule has 6 heteroatoms. The smallest absolute Gasteiger partial charge is 0.218 e. The molecule has 0 unspecified atom stereocenters. The van der Waals surface area contributed by atoms with E-state index >= 15 is 0 Å². The molecule has 1 aromatic carbocycles. The van der Waals surface area contributed by atoms with Gasteiger partial charge < -0.3 is 15.4 Å². The van der Waals surface area contributed by atoms with Crippen LogP contribution in [0.2, 0.25) is 0 Å². The first kappa shape index (κ1) is 27.3. The van der Waals surface area contributed by atoms with Gasteiger partial charge in [0.1, 0.15) is 0 Å². The number of aromatic hydroxyl groups is 1. The first-order valence-corrected chi connectivity index (χ1v) is 13.6. The van der Waals surface area contributed by atoms with Crippen LogP contribution in [0.4, 0.5) is 5.69 Å². The van der Waals surface area contributed by atoms with Crippen LogP contribution in [0.5, 0.6) is 5.88 Å². The third-order valence-electron chi connectivity index (χ3n) is 6.21. The van der Waals surface area contributed by atoms with Gasteiger partial charge in [-0.05, 0) is 24.7 Å².